The molecular formula is C26H27F3N4O4. The number of hydrogen-bond donors (Lipinski definition) is 1. The van der Waals surface area contributed by atoms with E-state index < -0.39 is 23.3 Å². The van der Waals surface area contributed by atoms with Crippen molar-refractivity contribution in [1.29, 1.82) is 0 Å². The lowest BCUT2D eigenvalue weighted by Gasteiger charge is -2.29. The van der Waals surface area contributed by atoms with Gasteiger partial charge < -0.3 is 19.7 Å². The van der Waals surface area contributed by atoms with E-state index >= 15 is 0 Å². The molecule has 2 aromatic carbocycles. The van der Waals surface area contributed by atoms with Crippen LogP contribution in [0.5, 0.6) is 11.5 Å². The first-order valence-corrected chi connectivity index (χ1v) is 11.7. The molecule has 0 spiro atoms. The Bertz CT molecular complexity index is 1270. The lowest BCUT2D eigenvalue weighted by Crippen LogP contribution is -2.36. The predicted octanol–water partition coefficient (Wildman–Crippen LogP) is 4.00. The average molecular weight is 517 g/mol. The second-order valence-electron chi connectivity index (χ2n) is 8.57. The minimum atomic E-state index is -4.79. The van der Waals surface area contributed by atoms with Crippen molar-refractivity contribution in [2.75, 3.05) is 27.3 Å². The number of carbonyl (C=O) groups excluding carboxylic acids is 2. The zero-order valence-corrected chi connectivity index (χ0v) is 20.5. The molecule has 0 atom stereocenters. The van der Waals surface area contributed by atoms with Gasteiger partial charge in [-0.1, -0.05) is 18.2 Å². The van der Waals surface area contributed by atoms with Crippen molar-refractivity contribution in [3.8, 4) is 17.2 Å². The highest BCUT2D eigenvalue weighted by molar-refractivity contribution is 5.95. The molecule has 1 aromatic heterocycles. The summed E-state index contributed by atoms with van der Waals surface area (Å²) in [5.74, 6) is 0.240. The maximum Gasteiger partial charge on any atom is 0.435 e. The van der Waals surface area contributed by atoms with Gasteiger partial charge in [0.05, 0.1) is 25.5 Å². The van der Waals surface area contributed by atoms with E-state index in [9.17, 15) is 22.8 Å². The molecule has 1 aliphatic heterocycles. The second-order valence-corrected chi connectivity index (χ2v) is 8.57. The van der Waals surface area contributed by atoms with Gasteiger partial charge >= 0.3 is 6.18 Å². The number of rotatable bonds is 8. The quantitative estimate of drug-likeness (QED) is 0.458. The van der Waals surface area contributed by atoms with Gasteiger partial charge in [-0.25, -0.2) is 4.68 Å². The van der Waals surface area contributed by atoms with Crippen molar-refractivity contribution in [3.05, 3.63) is 71.0 Å². The summed E-state index contributed by atoms with van der Waals surface area (Å²) in [4.78, 5) is 27.0. The van der Waals surface area contributed by atoms with Gasteiger partial charge in [0.25, 0.3) is 5.91 Å². The minimum absolute atomic E-state index is 0.0494. The van der Waals surface area contributed by atoms with E-state index in [0.717, 1.165) is 22.0 Å². The molecule has 1 N–H and O–H groups in total. The zero-order valence-electron chi connectivity index (χ0n) is 20.5. The first-order valence-electron chi connectivity index (χ1n) is 11.7. The van der Waals surface area contributed by atoms with Crippen LogP contribution in [0.4, 0.5) is 13.2 Å². The van der Waals surface area contributed by atoms with Gasteiger partial charge in [0.15, 0.2) is 17.2 Å². The van der Waals surface area contributed by atoms with Gasteiger partial charge in [-0.3, -0.25) is 9.59 Å². The number of fused-ring (bicyclic) bond motifs is 1. The fourth-order valence-electron chi connectivity index (χ4n) is 4.25. The number of benzene rings is 2. The van der Waals surface area contributed by atoms with Crippen molar-refractivity contribution in [2.45, 2.75) is 32.0 Å². The largest absolute Gasteiger partial charge is 0.493 e. The van der Waals surface area contributed by atoms with Crippen molar-refractivity contribution < 1.29 is 32.2 Å². The highest BCUT2D eigenvalue weighted by Gasteiger charge is 2.39. The molecular weight excluding hydrogens is 489 g/mol. The van der Waals surface area contributed by atoms with Crippen LogP contribution in [-0.4, -0.2) is 53.8 Å². The Morgan fingerprint density at radius 1 is 1.05 bits per heavy atom. The van der Waals surface area contributed by atoms with Gasteiger partial charge in [0.1, 0.15) is 0 Å². The molecule has 0 unspecified atom stereocenters. The molecule has 1 aliphatic rings. The third kappa shape index (κ3) is 5.87. The fraction of sp³-hybridized carbons (Fsp3) is 0.346. The minimum Gasteiger partial charge on any atom is -0.493 e. The summed E-state index contributed by atoms with van der Waals surface area (Å²) in [7, 11) is 3.12. The molecule has 0 aliphatic carbocycles. The molecule has 2 amide bonds. The average Bonchev–Trinajstić information content (AvgIpc) is 3.37. The molecule has 37 heavy (non-hydrogen) atoms. The van der Waals surface area contributed by atoms with E-state index in [1.54, 1.807) is 49.5 Å². The number of halogens is 3. The Balaban J connectivity index is 1.33. The number of alkyl halides is 3. The van der Waals surface area contributed by atoms with Gasteiger partial charge in [0.2, 0.25) is 5.91 Å². The van der Waals surface area contributed by atoms with Crippen LogP contribution < -0.4 is 14.8 Å². The Morgan fingerprint density at radius 3 is 2.38 bits per heavy atom. The van der Waals surface area contributed by atoms with E-state index in [4.69, 9.17) is 9.47 Å². The lowest BCUT2D eigenvalue weighted by molar-refractivity contribution is -0.141. The smallest absolute Gasteiger partial charge is 0.435 e. The van der Waals surface area contributed by atoms with Crippen molar-refractivity contribution in [2.24, 2.45) is 0 Å². The van der Waals surface area contributed by atoms with Crippen LogP contribution in [0.3, 0.4) is 0 Å². The number of nitrogens with zero attached hydrogens (tertiary/aromatic N) is 3. The molecule has 0 radical (unpaired) electrons. The number of hydrogen-bond acceptors (Lipinski definition) is 5. The van der Waals surface area contributed by atoms with Crippen LogP contribution in [0.25, 0.3) is 5.69 Å². The molecule has 11 heteroatoms. The summed E-state index contributed by atoms with van der Waals surface area (Å²) < 4.78 is 52.2. The summed E-state index contributed by atoms with van der Waals surface area (Å²) in [6.45, 7) is 1.02. The molecule has 0 fully saturated rings. The maximum atomic E-state index is 13.5. The van der Waals surface area contributed by atoms with E-state index in [2.05, 4.69) is 10.4 Å². The van der Waals surface area contributed by atoms with Crippen LogP contribution in [-0.2, 0) is 23.9 Å². The van der Waals surface area contributed by atoms with Gasteiger partial charge in [0, 0.05) is 32.3 Å². The summed E-state index contributed by atoms with van der Waals surface area (Å²) in [5.41, 5.74) is 0.631. The van der Waals surface area contributed by atoms with Gasteiger partial charge in [-0.15, -0.1) is 0 Å². The molecule has 3 aromatic rings. The molecule has 196 valence electrons. The van der Waals surface area contributed by atoms with Crippen LogP contribution in [0.15, 0.2) is 48.7 Å². The normalized spacial score (nSPS) is 13.2. The number of carbonyl (C=O) groups is 2. The molecule has 4 rings (SSSR count). The second kappa shape index (κ2) is 10.9. The molecule has 8 nitrogen and oxygen atoms in total. The standard InChI is InChI=1S/C26H27F3N4O4/c1-36-21-13-17-10-12-32(15-18(17)14-22(21)37-2)23(34)9-6-11-30-25(35)20-16-33(19-7-4-3-5-8-19)31-24(20)26(27,28)29/h3-5,7-8,13-14,16H,6,9-12,15H2,1-2H3,(H,30,35). The van der Waals surface area contributed by atoms with E-state index in [-0.39, 0.29) is 25.3 Å². The first-order chi connectivity index (χ1) is 17.7. The van der Waals surface area contributed by atoms with Crippen LogP contribution in [0.2, 0.25) is 0 Å². The van der Waals surface area contributed by atoms with Gasteiger partial charge in [-0.2, -0.15) is 18.3 Å². The fourth-order valence-corrected chi connectivity index (χ4v) is 4.25. The summed E-state index contributed by atoms with van der Waals surface area (Å²) in [5, 5.41) is 6.07. The van der Waals surface area contributed by atoms with E-state index in [0.29, 0.717) is 36.7 Å². The van der Waals surface area contributed by atoms with E-state index in [1.165, 1.54) is 0 Å². The Hall–Kier alpha value is -4.02. The highest BCUT2D eigenvalue weighted by Crippen LogP contribution is 2.34. The topological polar surface area (TPSA) is 85.7 Å². The maximum absolute atomic E-state index is 13.5. The predicted molar refractivity (Wildman–Crippen MR) is 129 cm³/mol. The monoisotopic (exact) mass is 516 g/mol. The number of methoxy groups -OCH3 is 2. The van der Waals surface area contributed by atoms with Gasteiger partial charge in [-0.05, 0) is 48.2 Å². The molecule has 2 heterocycles. The number of ether oxygens (including phenoxy) is 2. The SMILES string of the molecule is COc1cc2c(cc1OC)CN(C(=O)CCCNC(=O)c1cn(-c3ccccc3)nc1C(F)(F)F)CC2. The molecule has 0 saturated carbocycles. The summed E-state index contributed by atoms with van der Waals surface area (Å²) in [6, 6.07) is 12.0. The summed E-state index contributed by atoms with van der Waals surface area (Å²) >= 11 is 0. The molecule has 0 bridgehead atoms. The first kappa shape index (κ1) is 26.1. The van der Waals surface area contributed by atoms with Crippen molar-refractivity contribution in [1.82, 2.24) is 20.0 Å². The lowest BCUT2D eigenvalue weighted by atomic mass is 9.98. The number of aromatic nitrogens is 2. The highest BCUT2D eigenvalue weighted by atomic mass is 19.4. The Labute approximate surface area is 212 Å². The third-order valence-electron chi connectivity index (χ3n) is 6.17. The van der Waals surface area contributed by atoms with Crippen LogP contribution in [0.1, 0.15) is 40.0 Å². The van der Waals surface area contributed by atoms with Crippen molar-refractivity contribution in [3.63, 3.8) is 0 Å². The number of para-hydroxylation sites is 1. The zero-order chi connectivity index (χ0) is 26.6. The van der Waals surface area contributed by atoms with Crippen LogP contribution >= 0.6 is 0 Å². The Kier molecular flexibility index (Phi) is 7.70. The van der Waals surface area contributed by atoms with Crippen LogP contribution in [0, 0.1) is 0 Å². The number of amides is 2. The molecule has 0 saturated heterocycles. The Morgan fingerprint density at radius 2 is 1.73 bits per heavy atom. The third-order valence-corrected chi connectivity index (χ3v) is 6.17. The summed E-state index contributed by atoms with van der Waals surface area (Å²) in [6.07, 6.45) is -2.62. The van der Waals surface area contributed by atoms with Crippen molar-refractivity contribution >= 4 is 11.8 Å². The number of nitrogens with one attached hydrogen (secondary N) is 1. The van der Waals surface area contributed by atoms with E-state index in [1.807, 2.05) is 12.1 Å².